The van der Waals surface area contributed by atoms with Crippen LogP contribution in [0.3, 0.4) is 0 Å². The summed E-state index contributed by atoms with van der Waals surface area (Å²) in [7, 11) is -3.53. The maximum atomic E-state index is 12.6. The smallest absolute Gasteiger partial charge is 0.251 e. The molecule has 3 saturated carbocycles. The molecule has 2 N–H and O–H groups in total. The van der Waals surface area contributed by atoms with Gasteiger partial charge >= 0.3 is 0 Å². The molecule has 4 rings (SSSR count). The van der Waals surface area contributed by atoms with Gasteiger partial charge in [-0.2, -0.15) is 0 Å². The molecule has 1 aromatic rings. The quantitative estimate of drug-likeness (QED) is 0.817. The van der Waals surface area contributed by atoms with E-state index in [1.165, 1.54) is 31.7 Å². The van der Waals surface area contributed by atoms with Gasteiger partial charge < -0.3 is 5.32 Å². The third-order valence-corrected chi connectivity index (χ3v) is 7.62. The molecule has 5 nitrogen and oxygen atoms in total. The van der Waals surface area contributed by atoms with Crippen LogP contribution in [0.2, 0.25) is 0 Å². The minimum Gasteiger partial charge on any atom is -0.349 e. The van der Waals surface area contributed by atoms with E-state index in [0.29, 0.717) is 11.5 Å². The molecular formula is C19H26N2O3S. The van der Waals surface area contributed by atoms with Crippen molar-refractivity contribution in [1.29, 1.82) is 0 Å². The fraction of sp³-hybridized carbons (Fsp3) is 0.632. The summed E-state index contributed by atoms with van der Waals surface area (Å²) >= 11 is 0. The normalized spacial score (nSPS) is 29.6. The molecule has 0 radical (unpaired) electrons. The Hall–Kier alpha value is -1.40. The van der Waals surface area contributed by atoms with Crippen LogP contribution in [0.15, 0.2) is 29.2 Å². The van der Waals surface area contributed by atoms with Gasteiger partial charge in [-0.1, -0.05) is 12.5 Å². The number of hydrogen-bond donors (Lipinski definition) is 2. The summed E-state index contributed by atoms with van der Waals surface area (Å²) < 4.78 is 27.3. The van der Waals surface area contributed by atoms with Gasteiger partial charge in [0.15, 0.2) is 0 Å². The lowest BCUT2D eigenvalue weighted by atomic mass is 9.84. The number of rotatable bonds is 6. The van der Waals surface area contributed by atoms with E-state index in [1.807, 2.05) is 0 Å². The van der Waals surface area contributed by atoms with Gasteiger partial charge in [0, 0.05) is 17.6 Å². The van der Waals surface area contributed by atoms with Crippen molar-refractivity contribution in [2.75, 3.05) is 0 Å². The van der Waals surface area contributed by atoms with E-state index in [4.69, 9.17) is 0 Å². The SMILES string of the molecule is C[C@@H](NC(=O)c1cccc(S(=O)(=O)NC2CC2)c1)[C@@H]1C[C@H]2CC[C@H]1C2. The van der Waals surface area contributed by atoms with Crippen molar-refractivity contribution in [2.45, 2.75) is 62.4 Å². The van der Waals surface area contributed by atoms with Crippen LogP contribution in [0.5, 0.6) is 0 Å². The van der Waals surface area contributed by atoms with Gasteiger partial charge in [-0.15, -0.1) is 0 Å². The molecule has 0 spiro atoms. The lowest BCUT2D eigenvalue weighted by Gasteiger charge is -2.28. The zero-order valence-corrected chi connectivity index (χ0v) is 15.4. The Bertz CT molecular complexity index is 773. The van der Waals surface area contributed by atoms with Crippen molar-refractivity contribution >= 4 is 15.9 Å². The summed E-state index contributed by atoms with van der Waals surface area (Å²) in [5, 5.41) is 3.10. The minimum absolute atomic E-state index is 0.0558. The van der Waals surface area contributed by atoms with Gasteiger partial charge in [-0.25, -0.2) is 13.1 Å². The first-order valence-corrected chi connectivity index (χ1v) is 10.8. The largest absolute Gasteiger partial charge is 0.349 e. The molecule has 0 unspecified atom stereocenters. The van der Waals surface area contributed by atoms with Crippen molar-refractivity contribution in [3.8, 4) is 0 Å². The topological polar surface area (TPSA) is 75.3 Å². The molecule has 0 heterocycles. The molecule has 6 heteroatoms. The number of benzene rings is 1. The van der Waals surface area contributed by atoms with Crippen molar-refractivity contribution in [3.63, 3.8) is 0 Å². The van der Waals surface area contributed by atoms with Crippen LogP contribution in [0.25, 0.3) is 0 Å². The molecule has 4 atom stereocenters. The van der Waals surface area contributed by atoms with E-state index >= 15 is 0 Å². The number of sulfonamides is 1. The van der Waals surface area contributed by atoms with Gasteiger partial charge in [0.25, 0.3) is 5.91 Å². The highest BCUT2D eigenvalue weighted by Gasteiger charge is 2.42. The second kappa shape index (κ2) is 6.40. The van der Waals surface area contributed by atoms with Gasteiger partial charge in [0.05, 0.1) is 4.90 Å². The lowest BCUT2D eigenvalue weighted by Crippen LogP contribution is -2.40. The number of carbonyl (C=O) groups excluding carboxylic acids is 1. The number of hydrogen-bond acceptors (Lipinski definition) is 3. The molecule has 0 aromatic heterocycles. The summed E-state index contributed by atoms with van der Waals surface area (Å²) in [6.07, 6.45) is 6.93. The van der Waals surface area contributed by atoms with E-state index in [9.17, 15) is 13.2 Å². The van der Waals surface area contributed by atoms with Gasteiger partial charge in [-0.3, -0.25) is 4.79 Å². The van der Waals surface area contributed by atoms with Crippen LogP contribution >= 0.6 is 0 Å². The predicted octanol–water partition coefficient (Wildman–Crippen LogP) is 2.68. The standard InChI is InChI=1S/C19H26N2O3S/c1-12(18-10-13-5-6-14(18)9-13)20-19(22)15-3-2-4-17(11-15)25(23,24)21-16-7-8-16/h2-4,11-14,16,18,21H,5-10H2,1H3,(H,20,22)/t12-,13+,14+,18+/m1/s1. The molecular weight excluding hydrogens is 336 g/mol. The van der Waals surface area contributed by atoms with Crippen LogP contribution < -0.4 is 10.0 Å². The summed E-state index contributed by atoms with van der Waals surface area (Å²) in [5.74, 6) is 1.97. The van der Waals surface area contributed by atoms with Crippen LogP contribution in [0.1, 0.15) is 55.8 Å². The van der Waals surface area contributed by atoms with Crippen molar-refractivity contribution in [1.82, 2.24) is 10.0 Å². The van der Waals surface area contributed by atoms with E-state index in [0.717, 1.165) is 24.7 Å². The number of fused-ring (bicyclic) bond motifs is 2. The van der Waals surface area contributed by atoms with Crippen LogP contribution in [-0.2, 0) is 10.0 Å². The van der Waals surface area contributed by atoms with E-state index in [-0.39, 0.29) is 22.9 Å². The van der Waals surface area contributed by atoms with E-state index in [1.54, 1.807) is 18.2 Å². The van der Waals surface area contributed by atoms with Crippen LogP contribution in [0.4, 0.5) is 0 Å². The molecule has 1 aromatic carbocycles. The monoisotopic (exact) mass is 362 g/mol. The molecule has 0 saturated heterocycles. The molecule has 3 fully saturated rings. The molecule has 25 heavy (non-hydrogen) atoms. The van der Waals surface area contributed by atoms with E-state index < -0.39 is 10.0 Å². The van der Waals surface area contributed by atoms with Crippen molar-refractivity contribution in [2.24, 2.45) is 17.8 Å². The molecule has 3 aliphatic rings. The minimum atomic E-state index is -3.53. The molecule has 136 valence electrons. The fourth-order valence-corrected chi connectivity index (χ4v) is 5.95. The first kappa shape index (κ1) is 17.0. The summed E-state index contributed by atoms with van der Waals surface area (Å²) in [6, 6.07) is 6.53. The first-order valence-electron chi connectivity index (χ1n) is 9.35. The summed E-state index contributed by atoms with van der Waals surface area (Å²) in [5.41, 5.74) is 0.411. The number of amides is 1. The Labute approximate surface area is 149 Å². The Balaban J connectivity index is 1.44. The first-order chi connectivity index (χ1) is 11.9. The second-order valence-electron chi connectivity index (χ2n) is 8.02. The van der Waals surface area contributed by atoms with Crippen LogP contribution in [-0.4, -0.2) is 26.4 Å². The highest BCUT2D eigenvalue weighted by Crippen LogP contribution is 2.49. The maximum Gasteiger partial charge on any atom is 0.251 e. The van der Waals surface area contributed by atoms with Crippen molar-refractivity contribution < 1.29 is 13.2 Å². The zero-order chi connectivity index (χ0) is 17.6. The zero-order valence-electron chi connectivity index (χ0n) is 14.6. The van der Waals surface area contributed by atoms with Gasteiger partial charge in [-0.05, 0) is 75.0 Å². The second-order valence-corrected chi connectivity index (χ2v) is 9.74. The average molecular weight is 362 g/mol. The Kier molecular flexibility index (Phi) is 4.36. The Morgan fingerprint density at radius 2 is 1.96 bits per heavy atom. The predicted molar refractivity (Wildman–Crippen MR) is 95.7 cm³/mol. The number of carbonyl (C=O) groups is 1. The highest BCUT2D eigenvalue weighted by molar-refractivity contribution is 7.89. The van der Waals surface area contributed by atoms with Gasteiger partial charge in [0.2, 0.25) is 10.0 Å². The fourth-order valence-electron chi connectivity index (χ4n) is 4.60. The molecule has 1 amide bonds. The van der Waals surface area contributed by atoms with E-state index in [2.05, 4.69) is 17.0 Å². The van der Waals surface area contributed by atoms with Gasteiger partial charge in [0.1, 0.15) is 0 Å². The lowest BCUT2D eigenvalue weighted by molar-refractivity contribution is 0.0915. The highest BCUT2D eigenvalue weighted by atomic mass is 32.2. The molecule has 0 aliphatic heterocycles. The Morgan fingerprint density at radius 3 is 2.60 bits per heavy atom. The van der Waals surface area contributed by atoms with Crippen LogP contribution in [0, 0.1) is 17.8 Å². The maximum absolute atomic E-state index is 12.6. The third-order valence-electron chi connectivity index (χ3n) is 6.10. The average Bonchev–Trinajstić information content (AvgIpc) is 3.13. The van der Waals surface area contributed by atoms with Crippen molar-refractivity contribution in [3.05, 3.63) is 29.8 Å². The summed E-state index contributed by atoms with van der Waals surface area (Å²) in [4.78, 5) is 12.8. The molecule has 3 aliphatic carbocycles. The Morgan fingerprint density at radius 1 is 1.16 bits per heavy atom. The molecule has 2 bridgehead atoms. The third kappa shape index (κ3) is 3.60. The number of nitrogens with one attached hydrogen (secondary N) is 2. The summed E-state index contributed by atoms with van der Waals surface area (Å²) in [6.45, 7) is 2.08.